The number of carbonyl (C=O) groups is 1. The van der Waals surface area contributed by atoms with Gasteiger partial charge >= 0.3 is 0 Å². The summed E-state index contributed by atoms with van der Waals surface area (Å²) in [7, 11) is 0.498. The summed E-state index contributed by atoms with van der Waals surface area (Å²) < 4.78 is 23.7. The molecule has 0 radical (unpaired) electrons. The molecule has 4 rings (SSSR count). The molecule has 2 aliphatic rings. The molecular formula is C22H27N3O3S. The van der Waals surface area contributed by atoms with Crippen LogP contribution < -0.4 is 4.90 Å². The van der Waals surface area contributed by atoms with Crippen LogP contribution in [0.5, 0.6) is 0 Å². The van der Waals surface area contributed by atoms with Crippen LogP contribution in [0.2, 0.25) is 0 Å². The zero-order valence-electron chi connectivity index (χ0n) is 16.9. The van der Waals surface area contributed by atoms with Crippen molar-refractivity contribution in [2.75, 3.05) is 37.0 Å². The standard InChI is InChI=1S/C22H27N3O3S/c1-23(2)25(21-12-14-29(27,28)16-21)22(26)18-7-9-20(10-8-18)24-13-11-17-5-3-4-6-19(17)15-24/h3-10,21H,11-16H2,1-2H3. The molecule has 0 bridgehead atoms. The van der Waals surface area contributed by atoms with Crippen LogP contribution in [0.25, 0.3) is 0 Å². The van der Waals surface area contributed by atoms with Gasteiger partial charge in [-0.1, -0.05) is 24.3 Å². The van der Waals surface area contributed by atoms with Crippen LogP contribution in [0.15, 0.2) is 48.5 Å². The number of hydrogen-bond donors (Lipinski definition) is 0. The normalized spacial score (nSPS) is 20.5. The summed E-state index contributed by atoms with van der Waals surface area (Å²) in [5, 5.41) is 3.28. The van der Waals surface area contributed by atoms with Crippen molar-refractivity contribution in [3.63, 3.8) is 0 Å². The molecule has 0 N–H and O–H groups in total. The molecule has 2 aromatic carbocycles. The second kappa shape index (κ2) is 7.80. The maximum absolute atomic E-state index is 13.1. The molecule has 1 atom stereocenters. The highest BCUT2D eigenvalue weighted by atomic mass is 32.2. The minimum Gasteiger partial charge on any atom is -0.367 e. The number of hydrazine groups is 1. The van der Waals surface area contributed by atoms with E-state index in [0.717, 1.165) is 25.2 Å². The molecular weight excluding hydrogens is 386 g/mol. The first kappa shape index (κ1) is 19.9. The summed E-state index contributed by atoms with van der Waals surface area (Å²) in [6, 6.07) is 15.9. The molecule has 1 unspecified atom stereocenters. The van der Waals surface area contributed by atoms with Gasteiger partial charge in [-0.3, -0.25) is 9.80 Å². The number of anilines is 1. The number of fused-ring (bicyclic) bond motifs is 1. The lowest BCUT2D eigenvalue weighted by molar-refractivity contribution is 0.00101. The molecule has 6 nitrogen and oxygen atoms in total. The molecule has 2 heterocycles. The van der Waals surface area contributed by atoms with Gasteiger partial charge < -0.3 is 4.90 Å². The minimum atomic E-state index is -3.06. The van der Waals surface area contributed by atoms with Gasteiger partial charge in [-0.2, -0.15) is 0 Å². The number of nitrogens with zero attached hydrogens (tertiary/aromatic N) is 3. The molecule has 0 aromatic heterocycles. The Morgan fingerprint density at radius 1 is 1.03 bits per heavy atom. The molecule has 2 aromatic rings. The van der Waals surface area contributed by atoms with Crippen molar-refractivity contribution in [2.24, 2.45) is 0 Å². The summed E-state index contributed by atoms with van der Waals surface area (Å²) >= 11 is 0. The van der Waals surface area contributed by atoms with Crippen molar-refractivity contribution in [1.82, 2.24) is 10.0 Å². The average Bonchev–Trinajstić information content (AvgIpc) is 3.06. The first-order chi connectivity index (χ1) is 13.8. The number of rotatable bonds is 4. The van der Waals surface area contributed by atoms with Crippen LogP contribution in [-0.2, 0) is 22.8 Å². The SMILES string of the molecule is CN(C)N(C(=O)c1ccc(N2CCc3ccccc3C2)cc1)C1CCS(=O)(=O)C1. The van der Waals surface area contributed by atoms with E-state index in [1.165, 1.54) is 11.1 Å². The Morgan fingerprint density at radius 2 is 1.72 bits per heavy atom. The molecule has 2 aliphatic heterocycles. The molecule has 1 saturated heterocycles. The van der Waals surface area contributed by atoms with Crippen LogP contribution in [0, 0.1) is 0 Å². The fourth-order valence-corrected chi connectivity index (χ4v) is 6.00. The molecule has 1 amide bonds. The monoisotopic (exact) mass is 413 g/mol. The van der Waals surface area contributed by atoms with E-state index in [0.29, 0.717) is 12.0 Å². The Kier molecular flexibility index (Phi) is 5.36. The van der Waals surface area contributed by atoms with Crippen molar-refractivity contribution in [1.29, 1.82) is 0 Å². The molecule has 0 spiro atoms. The zero-order chi connectivity index (χ0) is 20.6. The average molecular weight is 414 g/mol. The maximum atomic E-state index is 13.1. The van der Waals surface area contributed by atoms with E-state index >= 15 is 0 Å². The summed E-state index contributed by atoms with van der Waals surface area (Å²) in [4.78, 5) is 15.4. The Labute approximate surface area is 172 Å². The molecule has 7 heteroatoms. The first-order valence-electron chi connectivity index (χ1n) is 9.97. The topological polar surface area (TPSA) is 60.9 Å². The minimum absolute atomic E-state index is 0.0300. The lowest BCUT2D eigenvalue weighted by Crippen LogP contribution is -2.49. The van der Waals surface area contributed by atoms with Crippen molar-refractivity contribution in [2.45, 2.75) is 25.4 Å². The van der Waals surface area contributed by atoms with E-state index in [1.54, 1.807) is 24.1 Å². The van der Waals surface area contributed by atoms with Crippen molar-refractivity contribution in [3.05, 3.63) is 65.2 Å². The van der Waals surface area contributed by atoms with Gasteiger partial charge in [0.05, 0.1) is 17.5 Å². The fourth-order valence-electron chi connectivity index (χ4n) is 4.31. The summed E-state index contributed by atoms with van der Waals surface area (Å²) in [5.41, 5.74) is 4.42. The van der Waals surface area contributed by atoms with Gasteiger partial charge in [0.25, 0.3) is 5.91 Å². The Morgan fingerprint density at radius 3 is 2.34 bits per heavy atom. The van der Waals surface area contributed by atoms with Gasteiger partial charge in [-0.25, -0.2) is 13.4 Å². The van der Waals surface area contributed by atoms with Crippen molar-refractivity contribution in [3.8, 4) is 0 Å². The predicted octanol–water partition coefficient (Wildman–Crippen LogP) is 2.36. The van der Waals surface area contributed by atoms with Crippen LogP contribution in [0.1, 0.15) is 27.9 Å². The number of benzene rings is 2. The van der Waals surface area contributed by atoms with Crippen molar-refractivity contribution < 1.29 is 13.2 Å². The molecule has 1 fully saturated rings. The third-order valence-electron chi connectivity index (χ3n) is 5.80. The second-order valence-corrected chi connectivity index (χ2v) is 10.3. The first-order valence-corrected chi connectivity index (χ1v) is 11.8. The van der Waals surface area contributed by atoms with Gasteiger partial charge in [0, 0.05) is 38.4 Å². The van der Waals surface area contributed by atoms with E-state index in [1.807, 2.05) is 24.3 Å². The van der Waals surface area contributed by atoms with Gasteiger partial charge in [0.15, 0.2) is 9.84 Å². The number of sulfone groups is 1. The lowest BCUT2D eigenvalue weighted by atomic mass is 9.99. The molecule has 154 valence electrons. The predicted molar refractivity (Wildman–Crippen MR) is 115 cm³/mol. The molecule has 0 aliphatic carbocycles. The van der Waals surface area contributed by atoms with Crippen LogP contribution in [-0.4, -0.2) is 62.5 Å². The summed E-state index contributed by atoms with van der Waals surface area (Å²) in [6.45, 7) is 1.82. The second-order valence-electron chi connectivity index (χ2n) is 8.04. The van der Waals surface area contributed by atoms with Crippen LogP contribution >= 0.6 is 0 Å². The quantitative estimate of drug-likeness (QED) is 0.720. The van der Waals surface area contributed by atoms with E-state index in [2.05, 4.69) is 29.2 Å². The highest BCUT2D eigenvalue weighted by Gasteiger charge is 2.36. The largest absolute Gasteiger partial charge is 0.367 e. The Balaban J connectivity index is 1.50. The van der Waals surface area contributed by atoms with E-state index in [9.17, 15) is 13.2 Å². The van der Waals surface area contributed by atoms with Gasteiger partial charge in [0.2, 0.25) is 0 Å². The highest BCUT2D eigenvalue weighted by molar-refractivity contribution is 7.91. The third kappa shape index (κ3) is 4.16. The summed E-state index contributed by atoms with van der Waals surface area (Å²) in [6.07, 6.45) is 1.50. The highest BCUT2D eigenvalue weighted by Crippen LogP contribution is 2.26. The molecule has 29 heavy (non-hydrogen) atoms. The molecule has 0 saturated carbocycles. The lowest BCUT2D eigenvalue weighted by Gasteiger charge is -2.34. The van der Waals surface area contributed by atoms with Crippen LogP contribution in [0.3, 0.4) is 0 Å². The zero-order valence-corrected chi connectivity index (χ0v) is 17.7. The van der Waals surface area contributed by atoms with Crippen LogP contribution in [0.4, 0.5) is 5.69 Å². The Bertz CT molecular complexity index is 1000. The smallest absolute Gasteiger partial charge is 0.268 e. The van der Waals surface area contributed by atoms with E-state index in [-0.39, 0.29) is 23.5 Å². The van der Waals surface area contributed by atoms with E-state index < -0.39 is 9.84 Å². The van der Waals surface area contributed by atoms with Gasteiger partial charge in [-0.15, -0.1) is 0 Å². The van der Waals surface area contributed by atoms with Gasteiger partial charge in [0.1, 0.15) is 0 Å². The van der Waals surface area contributed by atoms with Crippen molar-refractivity contribution >= 4 is 21.4 Å². The van der Waals surface area contributed by atoms with E-state index in [4.69, 9.17) is 0 Å². The Hall–Kier alpha value is -2.38. The fraction of sp³-hybridized carbons (Fsp3) is 0.409. The third-order valence-corrected chi connectivity index (χ3v) is 7.55. The summed E-state index contributed by atoms with van der Waals surface area (Å²) in [5.74, 6) is 0.0139. The van der Waals surface area contributed by atoms with Gasteiger partial charge in [-0.05, 0) is 48.2 Å². The number of carbonyl (C=O) groups excluding carboxylic acids is 1. The maximum Gasteiger partial charge on any atom is 0.268 e. The number of amides is 1. The number of hydrogen-bond acceptors (Lipinski definition) is 5.